The van der Waals surface area contributed by atoms with E-state index in [1.165, 1.54) is 12.1 Å². The Kier molecular flexibility index (Phi) is 6.90. The highest BCUT2D eigenvalue weighted by Gasteiger charge is 2.22. The monoisotopic (exact) mass is 473 g/mol. The van der Waals surface area contributed by atoms with Crippen LogP contribution in [-0.2, 0) is 22.0 Å². The van der Waals surface area contributed by atoms with Crippen LogP contribution in [0.3, 0.4) is 0 Å². The number of aromatic nitrogens is 1. The van der Waals surface area contributed by atoms with Gasteiger partial charge in [0.1, 0.15) is 6.61 Å². The van der Waals surface area contributed by atoms with Gasteiger partial charge >= 0.3 is 11.8 Å². The zero-order valence-corrected chi connectivity index (χ0v) is 18.6. The molecule has 1 fully saturated rings. The van der Waals surface area contributed by atoms with Gasteiger partial charge in [0.2, 0.25) is 0 Å². The number of piperazine rings is 1. The van der Waals surface area contributed by atoms with E-state index in [1.807, 2.05) is 0 Å². The molecule has 2 heterocycles. The second kappa shape index (κ2) is 10.0. The number of aromatic amines is 1. The fourth-order valence-electron chi connectivity index (χ4n) is 3.67. The number of H-pyrrole nitrogens is 1. The number of benzene rings is 2. The molecule has 0 saturated carbocycles. The first-order chi connectivity index (χ1) is 15.9. The van der Waals surface area contributed by atoms with Crippen molar-refractivity contribution in [1.29, 1.82) is 0 Å². The SMILES string of the molecule is O=C(CCN1CCN(C(=O)OCc2cccc([SH](=O)=O)c2)CC1)c1ccc2[nH]c(=O)oc2c1. The number of nitrogens with one attached hydrogen (secondary N) is 1. The average molecular weight is 474 g/mol. The van der Waals surface area contributed by atoms with E-state index in [2.05, 4.69) is 9.88 Å². The molecule has 1 aliphatic heterocycles. The van der Waals surface area contributed by atoms with Crippen LogP contribution in [-0.4, -0.2) is 67.8 Å². The van der Waals surface area contributed by atoms with Crippen molar-refractivity contribution >= 4 is 33.7 Å². The van der Waals surface area contributed by atoms with Crippen LogP contribution in [0.25, 0.3) is 11.1 Å². The maximum atomic E-state index is 12.5. The molecule has 0 bridgehead atoms. The zero-order chi connectivity index (χ0) is 23.4. The van der Waals surface area contributed by atoms with Gasteiger partial charge in [0.15, 0.2) is 22.1 Å². The van der Waals surface area contributed by atoms with Crippen LogP contribution in [0.2, 0.25) is 0 Å². The van der Waals surface area contributed by atoms with Crippen molar-refractivity contribution in [2.24, 2.45) is 0 Å². The van der Waals surface area contributed by atoms with Crippen LogP contribution < -0.4 is 5.76 Å². The number of ether oxygens (including phenoxy) is 1. The molecule has 0 atom stereocenters. The third-order valence-electron chi connectivity index (χ3n) is 5.51. The largest absolute Gasteiger partial charge is 0.445 e. The molecule has 1 N–H and O–H groups in total. The number of carbonyl (C=O) groups is 2. The Labute approximate surface area is 190 Å². The molecule has 0 radical (unpaired) electrons. The standard InChI is InChI=1S/C22H23N3O7S/c26-19(16-4-5-18-20(13-16)32-21(27)23-18)6-7-24-8-10-25(11-9-24)22(28)31-14-15-2-1-3-17(12-15)33(29)30/h1-5,12-13,33H,6-11,14H2,(H,23,27). The van der Waals surface area contributed by atoms with E-state index in [9.17, 15) is 22.8 Å². The summed E-state index contributed by atoms with van der Waals surface area (Å²) in [5.41, 5.74) is 1.99. The van der Waals surface area contributed by atoms with E-state index >= 15 is 0 Å². The van der Waals surface area contributed by atoms with Gasteiger partial charge < -0.3 is 14.1 Å². The third-order valence-corrected chi connectivity index (χ3v) is 6.21. The van der Waals surface area contributed by atoms with Gasteiger partial charge in [0.05, 0.1) is 10.4 Å². The van der Waals surface area contributed by atoms with Gasteiger partial charge in [-0.3, -0.25) is 14.7 Å². The Hall–Kier alpha value is -3.44. The Bertz CT molecular complexity index is 1290. The van der Waals surface area contributed by atoms with Crippen molar-refractivity contribution < 1.29 is 27.2 Å². The van der Waals surface area contributed by atoms with Crippen LogP contribution in [0, 0.1) is 0 Å². The molecule has 3 aromatic rings. The minimum atomic E-state index is -2.68. The lowest BCUT2D eigenvalue weighted by molar-refractivity contribution is 0.0696. The van der Waals surface area contributed by atoms with Crippen molar-refractivity contribution in [3.63, 3.8) is 0 Å². The van der Waals surface area contributed by atoms with Gasteiger partial charge in [-0.15, -0.1) is 0 Å². The second-order valence-corrected chi connectivity index (χ2v) is 8.74. The molecule has 0 spiro atoms. The molecule has 2 aromatic carbocycles. The number of rotatable bonds is 7. The summed E-state index contributed by atoms with van der Waals surface area (Å²) in [7, 11) is -2.68. The fraction of sp³-hybridized carbons (Fsp3) is 0.318. The second-order valence-electron chi connectivity index (χ2n) is 7.71. The number of carbonyl (C=O) groups excluding carboxylic acids is 2. The Balaban J connectivity index is 1.22. The fourth-order valence-corrected chi connectivity index (χ4v) is 4.15. The Morgan fingerprint density at radius 3 is 2.61 bits per heavy atom. The summed E-state index contributed by atoms with van der Waals surface area (Å²) < 4.78 is 32.5. The number of oxazole rings is 1. The number of amides is 1. The van der Waals surface area contributed by atoms with E-state index in [4.69, 9.17) is 9.15 Å². The Morgan fingerprint density at radius 2 is 1.85 bits per heavy atom. The third kappa shape index (κ3) is 5.68. The molecular formula is C22H23N3O7S. The number of hydrogen-bond acceptors (Lipinski definition) is 8. The summed E-state index contributed by atoms with van der Waals surface area (Å²) in [5, 5.41) is 0. The maximum absolute atomic E-state index is 12.5. The highest BCUT2D eigenvalue weighted by molar-refractivity contribution is 7.72. The first-order valence-electron chi connectivity index (χ1n) is 10.4. The lowest BCUT2D eigenvalue weighted by atomic mass is 10.1. The van der Waals surface area contributed by atoms with Gasteiger partial charge in [-0.2, -0.15) is 0 Å². The van der Waals surface area contributed by atoms with E-state index in [1.54, 1.807) is 35.2 Å². The van der Waals surface area contributed by atoms with Gasteiger partial charge in [-0.05, 0) is 35.9 Å². The number of thiol groups is 1. The summed E-state index contributed by atoms with van der Waals surface area (Å²) in [6.07, 6.45) is -0.146. The molecule has 4 rings (SSSR count). The smallest absolute Gasteiger partial charge is 0.417 e. The quantitative estimate of drug-likeness (QED) is 0.391. The Morgan fingerprint density at radius 1 is 1.06 bits per heavy atom. The number of fused-ring (bicyclic) bond motifs is 1. The minimum absolute atomic E-state index is 0.00380. The molecule has 0 aliphatic carbocycles. The van der Waals surface area contributed by atoms with Gasteiger partial charge in [0.25, 0.3) is 0 Å². The summed E-state index contributed by atoms with van der Waals surface area (Å²) in [6.45, 7) is 2.72. The van der Waals surface area contributed by atoms with Gasteiger partial charge in [-0.1, -0.05) is 12.1 Å². The van der Waals surface area contributed by atoms with Crippen LogP contribution in [0.4, 0.5) is 4.79 Å². The van der Waals surface area contributed by atoms with Crippen molar-refractivity contribution in [1.82, 2.24) is 14.8 Å². The molecule has 1 aromatic heterocycles. The first-order valence-corrected chi connectivity index (χ1v) is 11.6. The normalized spacial score (nSPS) is 14.6. The lowest BCUT2D eigenvalue weighted by Gasteiger charge is -2.33. The van der Waals surface area contributed by atoms with E-state index in [0.717, 1.165) is 0 Å². The van der Waals surface area contributed by atoms with E-state index in [0.29, 0.717) is 61.4 Å². The minimum Gasteiger partial charge on any atom is -0.445 e. The molecule has 174 valence electrons. The summed E-state index contributed by atoms with van der Waals surface area (Å²) in [4.78, 5) is 42.5. The molecule has 1 aliphatic rings. The molecule has 11 heteroatoms. The topological polar surface area (TPSA) is 130 Å². The summed E-state index contributed by atoms with van der Waals surface area (Å²) in [6, 6.07) is 11.1. The molecule has 10 nitrogen and oxygen atoms in total. The van der Waals surface area contributed by atoms with Crippen molar-refractivity contribution in [2.75, 3.05) is 32.7 Å². The highest BCUT2D eigenvalue weighted by Crippen LogP contribution is 2.15. The number of Topliss-reactive ketones (excluding diaryl/α,β-unsaturated/α-hetero) is 1. The van der Waals surface area contributed by atoms with Crippen molar-refractivity contribution in [3.05, 3.63) is 64.1 Å². The maximum Gasteiger partial charge on any atom is 0.417 e. The van der Waals surface area contributed by atoms with E-state index < -0.39 is 22.6 Å². The van der Waals surface area contributed by atoms with Crippen LogP contribution in [0.1, 0.15) is 22.3 Å². The van der Waals surface area contributed by atoms with Crippen molar-refractivity contribution in [3.8, 4) is 0 Å². The first kappa shape index (κ1) is 22.7. The van der Waals surface area contributed by atoms with Gasteiger partial charge in [0, 0.05) is 44.7 Å². The van der Waals surface area contributed by atoms with Crippen LogP contribution >= 0.6 is 0 Å². The van der Waals surface area contributed by atoms with Gasteiger partial charge in [-0.25, -0.2) is 18.0 Å². The van der Waals surface area contributed by atoms with Crippen LogP contribution in [0.15, 0.2) is 56.6 Å². The predicted molar refractivity (Wildman–Crippen MR) is 119 cm³/mol. The predicted octanol–water partition coefficient (Wildman–Crippen LogP) is 1.62. The molecule has 33 heavy (non-hydrogen) atoms. The highest BCUT2D eigenvalue weighted by atomic mass is 32.2. The van der Waals surface area contributed by atoms with E-state index in [-0.39, 0.29) is 17.3 Å². The zero-order valence-electron chi connectivity index (χ0n) is 17.7. The molecule has 0 unspecified atom stereocenters. The summed E-state index contributed by atoms with van der Waals surface area (Å²) in [5.74, 6) is -0.608. The number of nitrogens with zero attached hydrogens (tertiary/aromatic N) is 2. The molecule has 1 saturated heterocycles. The van der Waals surface area contributed by atoms with Crippen LogP contribution in [0.5, 0.6) is 0 Å². The van der Waals surface area contributed by atoms with Crippen molar-refractivity contribution in [2.45, 2.75) is 17.9 Å². The lowest BCUT2D eigenvalue weighted by Crippen LogP contribution is -2.49. The summed E-state index contributed by atoms with van der Waals surface area (Å²) >= 11 is 0. The number of hydrogen-bond donors (Lipinski definition) is 2. The molecule has 1 amide bonds. The molecular weight excluding hydrogens is 450 g/mol. The average Bonchev–Trinajstić information content (AvgIpc) is 3.20. The number of ketones is 1.